The van der Waals surface area contributed by atoms with E-state index in [1.54, 1.807) is 6.20 Å². The first-order valence-electron chi connectivity index (χ1n) is 6.60. The first kappa shape index (κ1) is 12.6. The van der Waals surface area contributed by atoms with Crippen molar-refractivity contribution in [3.8, 4) is 11.4 Å². The number of imidazole rings is 1. The van der Waals surface area contributed by atoms with Gasteiger partial charge in [-0.1, -0.05) is 36.4 Å². The topological polar surface area (TPSA) is 67.6 Å². The molecule has 2 aromatic heterocycles. The molecule has 20 heavy (non-hydrogen) atoms. The first-order valence-corrected chi connectivity index (χ1v) is 6.60. The highest BCUT2D eigenvalue weighted by Gasteiger charge is 2.16. The summed E-state index contributed by atoms with van der Waals surface area (Å²) in [7, 11) is 0. The monoisotopic (exact) mass is 264 g/mol. The molecule has 1 atom stereocenters. The lowest BCUT2D eigenvalue weighted by atomic mass is 9.99. The third kappa shape index (κ3) is 2.46. The maximum Gasteiger partial charge on any atom is 0.115 e. The molecule has 0 aliphatic heterocycles. The first-order chi connectivity index (χ1) is 9.88. The maximum atomic E-state index is 5.91. The molecule has 3 aromatic rings. The molecule has 4 heteroatoms. The molecule has 3 N–H and O–H groups in total. The van der Waals surface area contributed by atoms with Crippen LogP contribution in [0.25, 0.3) is 11.4 Å². The van der Waals surface area contributed by atoms with Gasteiger partial charge in [-0.3, -0.25) is 4.98 Å². The lowest BCUT2D eigenvalue weighted by Gasteiger charge is -2.12. The van der Waals surface area contributed by atoms with E-state index in [4.69, 9.17) is 5.73 Å². The van der Waals surface area contributed by atoms with E-state index in [0.717, 1.165) is 22.8 Å². The van der Waals surface area contributed by atoms with Gasteiger partial charge in [0.15, 0.2) is 0 Å². The van der Waals surface area contributed by atoms with Crippen LogP contribution < -0.4 is 5.73 Å². The zero-order valence-corrected chi connectivity index (χ0v) is 11.0. The van der Waals surface area contributed by atoms with Crippen molar-refractivity contribution in [3.63, 3.8) is 0 Å². The number of nitrogens with two attached hydrogens (primary N) is 1. The summed E-state index contributed by atoms with van der Waals surface area (Å²) in [6.07, 6.45) is 3.58. The van der Waals surface area contributed by atoms with Crippen LogP contribution in [0.3, 0.4) is 0 Å². The van der Waals surface area contributed by atoms with E-state index < -0.39 is 0 Å². The highest BCUT2D eigenvalue weighted by Crippen LogP contribution is 2.23. The zero-order valence-electron chi connectivity index (χ0n) is 11.0. The Labute approximate surface area is 117 Å². The lowest BCUT2D eigenvalue weighted by Crippen LogP contribution is -2.15. The van der Waals surface area contributed by atoms with Gasteiger partial charge in [0, 0.05) is 12.7 Å². The molecule has 0 spiro atoms. The third-order valence-corrected chi connectivity index (χ3v) is 3.30. The van der Waals surface area contributed by atoms with Crippen LogP contribution in [0.4, 0.5) is 0 Å². The Morgan fingerprint density at radius 2 is 1.80 bits per heavy atom. The summed E-state index contributed by atoms with van der Waals surface area (Å²) < 4.78 is 0. The lowest BCUT2D eigenvalue weighted by molar-refractivity contribution is 0.765. The van der Waals surface area contributed by atoms with E-state index in [1.165, 1.54) is 0 Å². The molecule has 1 unspecified atom stereocenters. The zero-order chi connectivity index (χ0) is 13.8. The number of hydrogen-bond acceptors (Lipinski definition) is 3. The number of nitrogens with zero attached hydrogens (tertiary/aromatic N) is 2. The van der Waals surface area contributed by atoms with Crippen LogP contribution in [0.1, 0.15) is 17.3 Å². The standard InChI is InChI=1S/C16H16N4/c17-10-13(12-6-2-1-3-7-12)16-19-11-15(20-16)14-8-4-5-9-18-14/h1-9,11,13H,10,17H2,(H,19,20). The molecule has 0 fully saturated rings. The predicted octanol–water partition coefficient (Wildman–Crippen LogP) is 2.56. The van der Waals surface area contributed by atoms with Crippen molar-refractivity contribution < 1.29 is 0 Å². The number of nitrogens with one attached hydrogen (secondary N) is 1. The van der Waals surface area contributed by atoms with Crippen LogP contribution in [0, 0.1) is 0 Å². The van der Waals surface area contributed by atoms with Crippen LogP contribution in [0.15, 0.2) is 60.9 Å². The molecule has 0 bridgehead atoms. The minimum Gasteiger partial charge on any atom is -0.340 e. The van der Waals surface area contributed by atoms with Crippen LogP contribution in [-0.2, 0) is 0 Å². The van der Waals surface area contributed by atoms with E-state index in [9.17, 15) is 0 Å². The van der Waals surface area contributed by atoms with Crippen molar-refractivity contribution in [2.24, 2.45) is 5.73 Å². The molecule has 0 saturated carbocycles. The summed E-state index contributed by atoms with van der Waals surface area (Å²) in [5, 5.41) is 0. The van der Waals surface area contributed by atoms with Gasteiger partial charge >= 0.3 is 0 Å². The Kier molecular flexibility index (Phi) is 3.56. The van der Waals surface area contributed by atoms with Crippen molar-refractivity contribution in [2.45, 2.75) is 5.92 Å². The Morgan fingerprint density at radius 1 is 1.00 bits per heavy atom. The quantitative estimate of drug-likeness (QED) is 0.761. The van der Waals surface area contributed by atoms with E-state index >= 15 is 0 Å². The Balaban J connectivity index is 1.93. The third-order valence-electron chi connectivity index (χ3n) is 3.30. The SMILES string of the molecule is NCC(c1ccccc1)c1ncc(-c2ccccn2)[nH]1. The number of H-pyrrole nitrogens is 1. The summed E-state index contributed by atoms with van der Waals surface area (Å²) in [6, 6.07) is 16.0. The van der Waals surface area contributed by atoms with Gasteiger partial charge in [0.05, 0.1) is 23.5 Å². The van der Waals surface area contributed by atoms with Crippen LogP contribution in [0.2, 0.25) is 0 Å². The van der Waals surface area contributed by atoms with Crippen molar-refractivity contribution >= 4 is 0 Å². The van der Waals surface area contributed by atoms with Gasteiger partial charge in [-0.25, -0.2) is 4.98 Å². The molecule has 1 aromatic carbocycles. The number of aromatic amines is 1. The fourth-order valence-corrected chi connectivity index (χ4v) is 2.26. The molecule has 0 amide bonds. The fourth-order valence-electron chi connectivity index (χ4n) is 2.26. The summed E-state index contributed by atoms with van der Waals surface area (Å²) in [5.41, 5.74) is 8.87. The number of aromatic nitrogens is 3. The van der Waals surface area contributed by atoms with Gasteiger partial charge < -0.3 is 10.7 Å². The summed E-state index contributed by atoms with van der Waals surface area (Å²) >= 11 is 0. The molecule has 0 saturated heterocycles. The Morgan fingerprint density at radius 3 is 2.50 bits per heavy atom. The van der Waals surface area contributed by atoms with E-state index in [1.807, 2.05) is 42.6 Å². The van der Waals surface area contributed by atoms with Crippen LogP contribution >= 0.6 is 0 Å². The van der Waals surface area contributed by atoms with Gasteiger partial charge in [-0.2, -0.15) is 0 Å². The second-order valence-electron chi connectivity index (χ2n) is 4.60. The van der Waals surface area contributed by atoms with Crippen molar-refractivity contribution in [2.75, 3.05) is 6.54 Å². The molecule has 100 valence electrons. The molecular formula is C16H16N4. The molecule has 0 radical (unpaired) electrons. The van der Waals surface area contributed by atoms with Crippen molar-refractivity contribution in [1.29, 1.82) is 0 Å². The minimum absolute atomic E-state index is 0.0775. The van der Waals surface area contributed by atoms with Gasteiger partial charge in [0.25, 0.3) is 0 Å². The van der Waals surface area contributed by atoms with Gasteiger partial charge in [0.2, 0.25) is 0 Å². The maximum absolute atomic E-state index is 5.91. The fraction of sp³-hybridized carbons (Fsp3) is 0.125. The van der Waals surface area contributed by atoms with Crippen LogP contribution in [-0.4, -0.2) is 21.5 Å². The largest absolute Gasteiger partial charge is 0.340 e. The number of hydrogen-bond donors (Lipinski definition) is 2. The van der Waals surface area contributed by atoms with E-state index in [-0.39, 0.29) is 5.92 Å². The van der Waals surface area contributed by atoms with Crippen molar-refractivity contribution in [3.05, 3.63) is 72.3 Å². The van der Waals surface area contributed by atoms with E-state index in [2.05, 4.69) is 27.1 Å². The molecule has 0 aliphatic rings. The van der Waals surface area contributed by atoms with Crippen molar-refractivity contribution in [1.82, 2.24) is 15.0 Å². The second-order valence-corrected chi connectivity index (χ2v) is 4.60. The molecule has 2 heterocycles. The predicted molar refractivity (Wildman–Crippen MR) is 79.2 cm³/mol. The average molecular weight is 264 g/mol. The molecule has 0 aliphatic carbocycles. The average Bonchev–Trinajstić information content (AvgIpc) is 3.00. The highest BCUT2D eigenvalue weighted by molar-refractivity contribution is 5.53. The Bertz CT molecular complexity index is 661. The Hall–Kier alpha value is -2.46. The summed E-state index contributed by atoms with van der Waals surface area (Å²) in [4.78, 5) is 12.1. The van der Waals surface area contributed by atoms with Crippen LogP contribution in [0.5, 0.6) is 0 Å². The normalized spacial score (nSPS) is 12.2. The summed E-state index contributed by atoms with van der Waals surface area (Å²) in [5.74, 6) is 0.952. The summed E-state index contributed by atoms with van der Waals surface area (Å²) in [6.45, 7) is 0.513. The molecular weight excluding hydrogens is 248 g/mol. The van der Waals surface area contributed by atoms with Gasteiger partial charge in [-0.15, -0.1) is 0 Å². The smallest absolute Gasteiger partial charge is 0.115 e. The number of benzene rings is 1. The van der Waals surface area contributed by atoms with E-state index in [0.29, 0.717) is 6.54 Å². The molecule has 3 rings (SSSR count). The number of rotatable bonds is 4. The van der Waals surface area contributed by atoms with Gasteiger partial charge in [0.1, 0.15) is 5.82 Å². The second kappa shape index (κ2) is 5.67. The van der Waals surface area contributed by atoms with Gasteiger partial charge in [-0.05, 0) is 17.7 Å². The molecule has 4 nitrogen and oxygen atoms in total. The number of pyridine rings is 1. The minimum atomic E-state index is 0.0775. The highest BCUT2D eigenvalue weighted by atomic mass is 14.9.